The number of carbonyl (C=O) groups is 12. The molecule has 0 saturated carbocycles. The summed E-state index contributed by atoms with van der Waals surface area (Å²) in [6, 6.07) is 9.08. The molecule has 3 heterocycles. The minimum absolute atomic E-state index is 0.0773. The van der Waals surface area contributed by atoms with Crippen LogP contribution in [-0.2, 0) is 75.2 Å². The van der Waals surface area contributed by atoms with Crippen molar-refractivity contribution in [3.8, 4) is 0 Å². The molecular formula is C68H101N11O16. The van der Waals surface area contributed by atoms with E-state index < -0.39 is 119 Å². The Hall–Kier alpha value is -8.46. The van der Waals surface area contributed by atoms with E-state index >= 15 is 0 Å². The van der Waals surface area contributed by atoms with Crippen LogP contribution in [0.4, 0.5) is 15.3 Å². The summed E-state index contributed by atoms with van der Waals surface area (Å²) in [4.78, 5) is 165. The highest BCUT2D eigenvalue weighted by Crippen LogP contribution is 2.33. The van der Waals surface area contributed by atoms with Gasteiger partial charge in [-0.25, -0.2) is 14.4 Å². The fraction of sp³-hybridized carbons (Fsp3) is 0.618. The molecule has 3 aliphatic rings. The van der Waals surface area contributed by atoms with Crippen molar-refractivity contribution in [1.29, 1.82) is 0 Å². The van der Waals surface area contributed by atoms with E-state index in [-0.39, 0.29) is 94.3 Å². The highest BCUT2D eigenvalue weighted by atomic mass is 16.6. The molecule has 27 heteroatoms. The Balaban J connectivity index is 1.18. The molecule has 0 radical (unpaired) electrons. The van der Waals surface area contributed by atoms with E-state index in [1.54, 1.807) is 102 Å². The van der Waals surface area contributed by atoms with Gasteiger partial charge in [-0.15, -0.1) is 0 Å². The molecule has 0 aromatic heterocycles. The molecule has 12 amide bonds. The quantitative estimate of drug-likeness (QED) is 0.0340. The molecule has 3 aliphatic heterocycles. The van der Waals surface area contributed by atoms with Gasteiger partial charge >= 0.3 is 18.1 Å². The van der Waals surface area contributed by atoms with Gasteiger partial charge in [0.05, 0.1) is 36.6 Å². The number of likely N-dealkylation sites (N-methyl/N-ethyl adjacent to an activating group) is 1. The van der Waals surface area contributed by atoms with E-state index in [0.717, 1.165) is 10.5 Å². The van der Waals surface area contributed by atoms with E-state index in [0.29, 0.717) is 62.7 Å². The smallest absolute Gasteiger partial charge is 0.410 e. The molecule has 95 heavy (non-hydrogen) atoms. The van der Waals surface area contributed by atoms with Gasteiger partial charge in [0, 0.05) is 78.1 Å². The molecule has 5 rings (SSSR count). The number of amides is 12. The fourth-order valence-electron chi connectivity index (χ4n) is 12.5. The van der Waals surface area contributed by atoms with Crippen LogP contribution in [0.2, 0.25) is 0 Å². The third-order valence-corrected chi connectivity index (χ3v) is 18.4. The summed E-state index contributed by atoms with van der Waals surface area (Å²) < 4.78 is 17.8. The van der Waals surface area contributed by atoms with Crippen LogP contribution in [0.15, 0.2) is 66.7 Å². The van der Waals surface area contributed by atoms with Crippen LogP contribution in [0.3, 0.4) is 0 Å². The number of urea groups is 1. The molecule has 9 N–H and O–H groups in total. The van der Waals surface area contributed by atoms with E-state index in [4.69, 9.17) is 19.9 Å². The molecule has 2 aromatic carbocycles. The number of nitrogens with zero attached hydrogens (tertiary/aromatic N) is 4. The number of methoxy groups -OCH3 is 2. The van der Waals surface area contributed by atoms with Gasteiger partial charge in [-0.2, -0.15) is 0 Å². The number of unbranched alkanes of at least 4 members (excludes halogenated alkanes) is 2. The van der Waals surface area contributed by atoms with Crippen molar-refractivity contribution < 1.29 is 76.9 Å². The maximum atomic E-state index is 14.8. The number of nitrogens with two attached hydrogens (primary N) is 1. The van der Waals surface area contributed by atoms with E-state index in [1.807, 2.05) is 19.9 Å². The molecule has 2 saturated heterocycles. The number of nitrogens with one attached hydrogen (secondary N) is 6. The minimum Gasteiger partial charge on any atom is -0.480 e. The first-order valence-corrected chi connectivity index (χ1v) is 33.1. The van der Waals surface area contributed by atoms with Crippen LogP contribution in [0.1, 0.15) is 144 Å². The van der Waals surface area contributed by atoms with Gasteiger partial charge in [-0.05, 0) is 99.3 Å². The highest BCUT2D eigenvalue weighted by molar-refractivity contribution is 6.12. The number of aliphatic carboxylic acids is 1. The predicted molar refractivity (Wildman–Crippen MR) is 352 cm³/mol. The predicted octanol–water partition coefficient (Wildman–Crippen LogP) is 4.55. The number of anilines is 1. The molecule has 2 fully saturated rings. The third kappa shape index (κ3) is 21.8. The van der Waals surface area contributed by atoms with Crippen molar-refractivity contribution in [3.05, 3.63) is 77.9 Å². The van der Waals surface area contributed by atoms with Gasteiger partial charge in [-0.3, -0.25) is 53.0 Å². The number of hydrogen-bond acceptors (Lipinski definition) is 15. The highest BCUT2D eigenvalue weighted by Gasteiger charge is 2.49. The van der Waals surface area contributed by atoms with E-state index in [9.17, 15) is 62.6 Å². The van der Waals surface area contributed by atoms with Gasteiger partial charge < -0.3 is 66.8 Å². The summed E-state index contributed by atoms with van der Waals surface area (Å²) in [5.74, 6) is -7.15. The Morgan fingerprint density at radius 3 is 2.00 bits per heavy atom. The number of rotatable bonds is 37. The average Bonchev–Trinajstić information content (AvgIpc) is 1.72. The molecule has 524 valence electrons. The van der Waals surface area contributed by atoms with Crippen LogP contribution in [-0.4, -0.2) is 197 Å². The number of ether oxygens (including phenoxy) is 3. The zero-order chi connectivity index (χ0) is 70.3. The lowest BCUT2D eigenvalue weighted by molar-refractivity contribution is -0.148. The molecule has 27 nitrogen and oxygen atoms in total. The Labute approximate surface area is 557 Å². The lowest BCUT2D eigenvalue weighted by Gasteiger charge is -2.41. The SMILES string of the molecule is CC[C@H](C)[C@@H]([C@@H](CC(=O)N1CCC[C@H]1[C@H](OC)[C@@H](C)C(=O)N[C@@H](Cc1ccccc1)C(=O)O)OC)N(C)C(=O)[C@@H](NC(=O)[C@]1(C)CCCN1C(=O)OCc1ccc(NC(=O)[C@H](CCCNC(N)=O)NC(=O)[C@@H](NC(=O)CCCCCN2C(=O)C=CC2=O)C(C)C)cc1)C(C)C. The first-order chi connectivity index (χ1) is 45.1. The van der Waals surface area contributed by atoms with Crippen molar-refractivity contribution in [3.63, 3.8) is 0 Å². The lowest BCUT2D eigenvalue weighted by Crippen LogP contribution is -2.62. The molecule has 0 unspecified atom stereocenters. The topological polar surface area (TPSA) is 364 Å². The van der Waals surface area contributed by atoms with E-state index in [2.05, 4.69) is 31.9 Å². The second kappa shape index (κ2) is 37.0. The molecule has 0 spiro atoms. The molecule has 0 aliphatic carbocycles. The summed E-state index contributed by atoms with van der Waals surface area (Å²) >= 11 is 0. The zero-order valence-corrected chi connectivity index (χ0v) is 56.9. The van der Waals surface area contributed by atoms with Crippen molar-refractivity contribution in [2.45, 2.75) is 199 Å². The largest absolute Gasteiger partial charge is 0.480 e. The number of benzene rings is 2. The number of carboxylic acids is 1. The lowest BCUT2D eigenvalue weighted by atomic mass is 9.89. The van der Waals surface area contributed by atoms with Gasteiger partial charge in [0.1, 0.15) is 36.3 Å². The number of primary amides is 1. The normalized spacial score (nSPS) is 19.0. The Morgan fingerprint density at radius 2 is 1.40 bits per heavy atom. The van der Waals surface area contributed by atoms with Gasteiger partial charge in [0.25, 0.3) is 11.8 Å². The minimum atomic E-state index is -1.41. The summed E-state index contributed by atoms with van der Waals surface area (Å²) in [6.45, 7) is 15.0. The second-order valence-corrected chi connectivity index (χ2v) is 25.9. The molecule has 11 atom stereocenters. The molecule has 2 aromatic rings. The zero-order valence-electron chi connectivity index (χ0n) is 56.9. The Kier molecular flexibility index (Phi) is 30.1. The Morgan fingerprint density at radius 1 is 0.747 bits per heavy atom. The van der Waals surface area contributed by atoms with Crippen molar-refractivity contribution in [2.75, 3.05) is 52.8 Å². The summed E-state index contributed by atoms with van der Waals surface area (Å²) in [5, 5.41) is 26.4. The number of imide groups is 1. The standard InChI is InChI=1S/C68H101N11O16/c1-12-43(6)58(51(93-10)39-55(83)77-36-20-25-50(77)59(94-11)44(7)60(84)73-49(64(88)89)38-45-22-15-13-16-23-45)76(9)63(87)57(42(4)5)75-65(90)68(8)33-21-37-79(68)67(92)95-40-46-27-29-47(30-28-46)71-61(85)48(24-19-34-70-66(69)91)72-62(86)56(41(2)3)74-52(80)26-17-14-18-35-78-53(81)31-32-54(78)82/h13,15-16,22-23,27-32,41-44,48-51,56-59H,12,14,17-21,24-26,33-40H2,1-11H3,(H,71,85)(H,72,86)(H,73,84)(H,74,80)(H,75,90)(H,88,89)(H3,69,70,91)/t43-,44+,48-,49-,50-,51+,56-,57-,58-,59+,68-/m0/s1. The van der Waals surface area contributed by atoms with Crippen LogP contribution in [0.25, 0.3) is 0 Å². The monoisotopic (exact) mass is 1330 g/mol. The number of carbonyl (C=O) groups excluding carboxylic acids is 11. The van der Waals surface area contributed by atoms with Gasteiger partial charge in [0.2, 0.25) is 41.4 Å². The third-order valence-electron chi connectivity index (χ3n) is 18.4. The molecular weight excluding hydrogens is 1230 g/mol. The summed E-state index contributed by atoms with van der Waals surface area (Å²) in [7, 11) is 4.56. The van der Waals surface area contributed by atoms with Crippen LogP contribution >= 0.6 is 0 Å². The summed E-state index contributed by atoms with van der Waals surface area (Å²) in [5.41, 5.74) is 5.45. The fourth-order valence-corrected chi connectivity index (χ4v) is 12.5. The van der Waals surface area contributed by atoms with Crippen LogP contribution < -0.4 is 37.6 Å². The summed E-state index contributed by atoms with van der Waals surface area (Å²) in [6.07, 6.45) is 4.44. The second-order valence-electron chi connectivity index (χ2n) is 25.9. The molecule has 0 bridgehead atoms. The van der Waals surface area contributed by atoms with Crippen molar-refractivity contribution in [2.24, 2.45) is 29.4 Å². The van der Waals surface area contributed by atoms with Gasteiger partial charge in [0.15, 0.2) is 0 Å². The van der Waals surface area contributed by atoms with Crippen LogP contribution in [0.5, 0.6) is 0 Å². The average molecular weight is 1330 g/mol. The van der Waals surface area contributed by atoms with Crippen LogP contribution in [0, 0.1) is 23.7 Å². The number of hydrogen-bond donors (Lipinski definition) is 8. The van der Waals surface area contributed by atoms with E-state index in [1.165, 1.54) is 36.2 Å². The maximum Gasteiger partial charge on any atom is 0.410 e. The number of carboxylic acid groups (broad SMARTS) is 1. The van der Waals surface area contributed by atoms with Crippen molar-refractivity contribution in [1.82, 2.24) is 46.2 Å². The van der Waals surface area contributed by atoms with Crippen molar-refractivity contribution >= 4 is 76.9 Å². The first-order valence-electron chi connectivity index (χ1n) is 33.1. The van der Waals surface area contributed by atoms with Gasteiger partial charge in [-0.1, -0.05) is 104 Å². The first kappa shape index (κ1) is 77.2. The maximum absolute atomic E-state index is 14.8. The number of likely N-dealkylation sites (tertiary alicyclic amines) is 2. The Bertz CT molecular complexity index is 3000.